The molecule has 2 aromatic carbocycles. The third kappa shape index (κ3) is 3.25. The molecule has 0 unspecified atom stereocenters. The minimum absolute atomic E-state index is 0.130. The molecule has 0 amide bonds. The molecule has 0 aliphatic carbocycles. The largest absolute Gasteiger partial charge is 0.360 e. The number of fused-ring (bicyclic) bond motifs is 1. The van der Waals surface area contributed by atoms with Crippen LogP contribution in [0.5, 0.6) is 0 Å². The van der Waals surface area contributed by atoms with Crippen LogP contribution in [0.4, 0.5) is 0 Å². The summed E-state index contributed by atoms with van der Waals surface area (Å²) in [5, 5.41) is 5.59. The van der Waals surface area contributed by atoms with E-state index in [0.29, 0.717) is 32.5 Å². The number of nitrogens with zero attached hydrogens (tertiary/aromatic N) is 3. The molecule has 130 valence electrons. The molecule has 0 saturated heterocycles. The van der Waals surface area contributed by atoms with Crippen LogP contribution >= 0.6 is 23.4 Å². The van der Waals surface area contributed by atoms with Gasteiger partial charge in [-0.1, -0.05) is 46.7 Å². The average Bonchev–Trinajstić information content (AvgIpc) is 3.05. The molecule has 0 fully saturated rings. The van der Waals surface area contributed by atoms with Crippen LogP contribution in [-0.2, 0) is 5.75 Å². The Bertz CT molecular complexity index is 1150. The maximum absolute atomic E-state index is 13.1. The van der Waals surface area contributed by atoms with Crippen molar-refractivity contribution in [1.29, 1.82) is 0 Å². The Labute approximate surface area is 158 Å². The van der Waals surface area contributed by atoms with Gasteiger partial charge in [-0.05, 0) is 37.3 Å². The van der Waals surface area contributed by atoms with Crippen molar-refractivity contribution in [3.63, 3.8) is 0 Å². The van der Waals surface area contributed by atoms with Gasteiger partial charge in [0.05, 0.1) is 28.0 Å². The number of hydrogen-bond acceptors (Lipinski definition) is 5. The first kappa shape index (κ1) is 16.9. The minimum Gasteiger partial charge on any atom is -0.360 e. The van der Waals surface area contributed by atoms with Crippen molar-refractivity contribution in [3.05, 3.63) is 81.4 Å². The molecule has 2 aromatic heterocycles. The van der Waals surface area contributed by atoms with Crippen LogP contribution in [0.3, 0.4) is 0 Å². The fourth-order valence-corrected chi connectivity index (χ4v) is 3.74. The molecule has 0 bridgehead atoms. The molecule has 0 aliphatic heterocycles. The lowest BCUT2D eigenvalue weighted by molar-refractivity contribution is 0.391. The van der Waals surface area contributed by atoms with Gasteiger partial charge in [-0.2, -0.15) is 0 Å². The molecule has 0 aliphatic rings. The molecule has 0 N–H and O–H groups in total. The predicted octanol–water partition coefficient (Wildman–Crippen LogP) is 4.63. The number of hydrogen-bond donors (Lipinski definition) is 0. The SMILES string of the molecule is Cc1cc(CSc2nc3ccccc3c(=O)n2-c2cccc(Cl)c2)on1. The maximum atomic E-state index is 13.1. The number of aryl methyl sites for hydroxylation is 1. The van der Waals surface area contributed by atoms with Crippen molar-refractivity contribution in [2.24, 2.45) is 0 Å². The summed E-state index contributed by atoms with van der Waals surface area (Å²) in [5.41, 5.74) is 2.03. The first-order valence-electron chi connectivity index (χ1n) is 7.94. The van der Waals surface area contributed by atoms with Crippen LogP contribution in [0, 0.1) is 6.92 Å². The van der Waals surface area contributed by atoms with Gasteiger partial charge in [-0.3, -0.25) is 9.36 Å². The Balaban J connectivity index is 1.86. The molecule has 2 heterocycles. The second kappa shape index (κ2) is 6.97. The van der Waals surface area contributed by atoms with Gasteiger partial charge in [0.25, 0.3) is 5.56 Å². The number of thioether (sulfide) groups is 1. The second-order valence-electron chi connectivity index (χ2n) is 5.76. The van der Waals surface area contributed by atoms with Crippen molar-refractivity contribution in [1.82, 2.24) is 14.7 Å². The number of benzene rings is 2. The molecular formula is C19H14ClN3O2S. The number of rotatable bonds is 4. The monoisotopic (exact) mass is 383 g/mol. The van der Waals surface area contributed by atoms with Crippen LogP contribution in [-0.4, -0.2) is 14.7 Å². The first-order valence-corrected chi connectivity index (χ1v) is 9.31. The Kier molecular flexibility index (Phi) is 4.53. The van der Waals surface area contributed by atoms with E-state index < -0.39 is 0 Å². The molecule has 26 heavy (non-hydrogen) atoms. The Hall–Kier alpha value is -2.57. The van der Waals surface area contributed by atoms with Crippen molar-refractivity contribution in [2.45, 2.75) is 17.8 Å². The van der Waals surface area contributed by atoms with Gasteiger partial charge < -0.3 is 4.52 Å². The lowest BCUT2D eigenvalue weighted by Gasteiger charge is -2.13. The lowest BCUT2D eigenvalue weighted by Crippen LogP contribution is -2.21. The smallest absolute Gasteiger partial charge is 0.266 e. The molecule has 4 aromatic rings. The minimum atomic E-state index is -0.130. The molecule has 0 radical (unpaired) electrons. The Morgan fingerprint density at radius 1 is 1.15 bits per heavy atom. The molecule has 0 spiro atoms. The van der Waals surface area contributed by atoms with E-state index in [2.05, 4.69) is 10.1 Å². The van der Waals surface area contributed by atoms with Gasteiger partial charge >= 0.3 is 0 Å². The summed E-state index contributed by atoms with van der Waals surface area (Å²) in [4.78, 5) is 17.8. The topological polar surface area (TPSA) is 60.9 Å². The Morgan fingerprint density at radius 2 is 2.00 bits per heavy atom. The number of para-hydroxylation sites is 1. The quantitative estimate of drug-likeness (QED) is 0.380. The van der Waals surface area contributed by atoms with Crippen molar-refractivity contribution < 1.29 is 4.52 Å². The lowest BCUT2D eigenvalue weighted by atomic mass is 10.2. The maximum Gasteiger partial charge on any atom is 0.266 e. The van der Waals surface area contributed by atoms with Gasteiger partial charge in [0.2, 0.25) is 0 Å². The normalized spacial score (nSPS) is 11.2. The van der Waals surface area contributed by atoms with Crippen LogP contribution in [0.2, 0.25) is 5.02 Å². The highest BCUT2D eigenvalue weighted by atomic mass is 35.5. The molecule has 7 heteroatoms. The molecule has 0 atom stereocenters. The second-order valence-corrected chi connectivity index (χ2v) is 7.13. The highest BCUT2D eigenvalue weighted by Gasteiger charge is 2.14. The van der Waals surface area contributed by atoms with Gasteiger partial charge in [-0.15, -0.1) is 0 Å². The van der Waals surface area contributed by atoms with E-state index in [1.165, 1.54) is 11.8 Å². The van der Waals surface area contributed by atoms with E-state index in [1.54, 1.807) is 22.8 Å². The van der Waals surface area contributed by atoms with Gasteiger partial charge in [0.15, 0.2) is 5.16 Å². The standard InChI is InChI=1S/C19H14ClN3O2S/c1-12-9-15(25-22-12)11-26-19-21-17-8-3-2-7-16(17)18(24)23(19)14-6-4-5-13(20)10-14/h2-10H,11H2,1H3. The third-order valence-corrected chi connectivity index (χ3v) is 5.03. The average molecular weight is 384 g/mol. The summed E-state index contributed by atoms with van der Waals surface area (Å²) in [6.07, 6.45) is 0. The van der Waals surface area contributed by atoms with Crippen LogP contribution in [0.25, 0.3) is 16.6 Å². The summed E-state index contributed by atoms with van der Waals surface area (Å²) >= 11 is 7.55. The molecular weight excluding hydrogens is 370 g/mol. The summed E-state index contributed by atoms with van der Waals surface area (Å²) in [7, 11) is 0. The van der Waals surface area contributed by atoms with Crippen molar-refractivity contribution in [2.75, 3.05) is 0 Å². The summed E-state index contributed by atoms with van der Waals surface area (Å²) in [6, 6.07) is 16.4. The summed E-state index contributed by atoms with van der Waals surface area (Å²) in [6.45, 7) is 1.87. The fourth-order valence-electron chi connectivity index (χ4n) is 2.67. The van der Waals surface area contributed by atoms with E-state index in [0.717, 1.165) is 11.5 Å². The zero-order valence-electron chi connectivity index (χ0n) is 13.8. The fraction of sp³-hybridized carbons (Fsp3) is 0.105. The number of aromatic nitrogens is 3. The van der Waals surface area contributed by atoms with E-state index in [4.69, 9.17) is 16.1 Å². The molecule has 5 nitrogen and oxygen atoms in total. The summed E-state index contributed by atoms with van der Waals surface area (Å²) < 4.78 is 6.85. The predicted molar refractivity (Wildman–Crippen MR) is 103 cm³/mol. The Morgan fingerprint density at radius 3 is 2.77 bits per heavy atom. The summed E-state index contributed by atoms with van der Waals surface area (Å²) in [5.74, 6) is 1.25. The highest BCUT2D eigenvalue weighted by molar-refractivity contribution is 7.98. The van der Waals surface area contributed by atoms with E-state index >= 15 is 0 Å². The van der Waals surface area contributed by atoms with E-state index in [1.807, 2.05) is 43.3 Å². The van der Waals surface area contributed by atoms with E-state index in [9.17, 15) is 4.79 Å². The van der Waals surface area contributed by atoms with E-state index in [-0.39, 0.29) is 5.56 Å². The van der Waals surface area contributed by atoms with Crippen LogP contribution in [0.15, 0.2) is 69.1 Å². The number of halogens is 1. The van der Waals surface area contributed by atoms with Crippen LogP contribution in [0.1, 0.15) is 11.5 Å². The highest BCUT2D eigenvalue weighted by Crippen LogP contribution is 2.25. The van der Waals surface area contributed by atoms with Crippen molar-refractivity contribution >= 4 is 34.3 Å². The zero-order chi connectivity index (χ0) is 18.1. The molecule has 0 saturated carbocycles. The molecule has 4 rings (SSSR count). The van der Waals surface area contributed by atoms with Crippen LogP contribution < -0.4 is 5.56 Å². The van der Waals surface area contributed by atoms with Gasteiger partial charge in [-0.25, -0.2) is 4.98 Å². The zero-order valence-corrected chi connectivity index (χ0v) is 15.4. The first-order chi connectivity index (χ1) is 12.6. The third-order valence-electron chi connectivity index (χ3n) is 3.83. The van der Waals surface area contributed by atoms with Gasteiger partial charge in [0.1, 0.15) is 5.76 Å². The van der Waals surface area contributed by atoms with Gasteiger partial charge in [0, 0.05) is 11.1 Å². The van der Waals surface area contributed by atoms with Crippen molar-refractivity contribution in [3.8, 4) is 5.69 Å².